The van der Waals surface area contributed by atoms with Crippen LogP contribution in [0.15, 0.2) is 0 Å². The second kappa shape index (κ2) is 7.50. The van der Waals surface area contributed by atoms with Gasteiger partial charge in [0.15, 0.2) is 14.1 Å². The van der Waals surface area contributed by atoms with Gasteiger partial charge in [0.2, 0.25) is 0 Å². The first-order valence-corrected chi connectivity index (χ1v) is 16.3. The monoisotopic (exact) mass is 460 g/mol. The second-order valence-electron chi connectivity index (χ2n) is 13.0. The zero-order valence-corrected chi connectivity index (χ0v) is 21.9. The highest BCUT2D eigenvalue weighted by Gasteiger charge is 2.70. The lowest BCUT2D eigenvalue weighted by Crippen LogP contribution is -2.65. The molecule has 1 heterocycles. The molecule has 178 valence electrons. The van der Waals surface area contributed by atoms with Crippen molar-refractivity contribution in [1.82, 2.24) is 0 Å². The fraction of sp³-hybridized carbons (Fsp3) is 0.920. The molecule has 5 rings (SSSR count). The van der Waals surface area contributed by atoms with Gasteiger partial charge in [0, 0.05) is 23.9 Å². The summed E-state index contributed by atoms with van der Waals surface area (Å²) in [5.41, 5.74) is -1.16. The predicted octanol–water partition coefficient (Wildman–Crippen LogP) is 4.90. The van der Waals surface area contributed by atoms with Crippen LogP contribution < -0.4 is 0 Å². The number of hydrogen-bond acceptors (Lipinski definition) is 5. The van der Waals surface area contributed by atoms with Crippen molar-refractivity contribution in [3.05, 3.63) is 0 Å². The first-order chi connectivity index (χ1) is 14.9. The summed E-state index contributed by atoms with van der Waals surface area (Å²) in [7, 11) is -1.94. The van der Waals surface area contributed by atoms with Crippen LogP contribution in [0, 0.1) is 34.5 Å². The highest BCUT2D eigenvalue weighted by atomic mass is 28.4. The Labute approximate surface area is 195 Å². The molecular formula is C25H41BO5Si. The Bertz CT molecular complexity index is 813. The molecule has 1 spiro atoms. The van der Waals surface area contributed by atoms with Crippen molar-refractivity contribution in [3.8, 4) is 0 Å². The SMILES string of the molecule is CB1OCC(=O)C2(CCC3C4CCC5CC(O[Si](C)(C)C)CCC5(C)C4C(=O)CC32C)O1. The Hall–Kier alpha value is -0.498. The Morgan fingerprint density at radius 3 is 2.53 bits per heavy atom. The van der Waals surface area contributed by atoms with E-state index in [2.05, 4.69) is 33.5 Å². The third-order valence-corrected chi connectivity index (χ3v) is 11.3. The van der Waals surface area contributed by atoms with Gasteiger partial charge in [-0.2, -0.15) is 0 Å². The molecule has 8 atom stereocenters. The van der Waals surface area contributed by atoms with Gasteiger partial charge in [-0.3, -0.25) is 9.59 Å². The summed E-state index contributed by atoms with van der Waals surface area (Å²) in [4.78, 5) is 27.1. The predicted molar refractivity (Wildman–Crippen MR) is 127 cm³/mol. The van der Waals surface area contributed by atoms with Crippen LogP contribution in [0.4, 0.5) is 0 Å². The van der Waals surface area contributed by atoms with Crippen molar-refractivity contribution >= 4 is 27.0 Å². The summed E-state index contributed by atoms with van der Waals surface area (Å²) in [5, 5.41) is 0. The largest absolute Gasteiger partial charge is 0.454 e. The number of Topliss-reactive ketones (excluding diaryl/α,β-unsaturated/α-hetero) is 2. The van der Waals surface area contributed by atoms with Crippen LogP contribution in [0.5, 0.6) is 0 Å². The molecule has 0 aromatic carbocycles. The lowest BCUT2D eigenvalue weighted by molar-refractivity contribution is -0.182. The van der Waals surface area contributed by atoms with Crippen LogP contribution in [0.3, 0.4) is 0 Å². The van der Waals surface area contributed by atoms with Crippen LogP contribution in [0.25, 0.3) is 0 Å². The molecule has 4 aliphatic carbocycles. The lowest BCUT2D eigenvalue weighted by atomic mass is 9.43. The molecule has 32 heavy (non-hydrogen) atoms. The lowest BCUT2D eigenvalue weighted by Gasteiger charge is -2.61. The quantitative estimate of drug-likeness (QED) is 0.549. The van der Waals surface area contributed by atoms with Crippen LogP contribution in [0.1, 0.15) is 65.2 Å². The maximum absolute atomic E-state index is 13.9. The van der Waals surface area contributed by atoms with Gasteiger partial charge in [0.1, 0.15) is 11.4 Å². The van der Waals surface area contributed by atoms with E-state index in [4.69, 9.17) is 13.7 Å². The van der Waals surface area contributed by atoms with Crippen LogP contribution in [-0.2, 0) is 23.3 Å². The standard InChI is InChI=1S/C25H41BO5Si/c1-23-11-9-17(30-32(4,5)6)13-16(23)7-8-18-19-10-12-25(21(28)15-29-26(3)31-25)24(19,2)14-20(27)22(18)23/h16-19,22H,7-15H2,1-6H3. The highest BCUT2D eigenvalue weighted by Crippen LogP contribution is 2.68. The molecule has 5 aliphatic rings. The number of carbonyl (C=O) groups excluding carboxylic acids is 2. The zero-order chi connectivity index (χ0) is 23.1. The van der Waals surface area contributed by atoms with E-state index < -0.39 is 19.3 Å². The first kappa shape index (κ1) is 23.3. The van der Waals surface area contributed by atoms with Crippen LogP contribution in [0.2, 0.25) is 26.5 Å². The van der Waals surface area contributed by atoms with E-state index in [1.807, 2.05) is 6.82 Å². The molecule has 0 N–H and O–H groups in total. The Balaban J connectivity index is 1.42. The Kier molecular flexibility index (Phi) is 5.45. The average molecular weight is 460 g/mol. The smallest absolute Gasteiger partial charge is 0.415 e. The second-order valence-corrected chi connectivity index (χ2v) is 17.5. The maximum atomic E-state index is 13.9. The molecule has 8 unspecified atom stereocenters. The summed E-state index contributed by atoms with van der Waals surface area (Å²) in [5.74, 6) is 1.91. The van der Waals surface area contributed by atoms with Crippen molar-refractivity contribution in [3.63, 3.8) is 0 Å². The average Bonchev–Trinajstić information content (AvgIpc) is 2.96. The number of hydrogen-bond donors (Lipinski definition) is 0. The molecule has 7 heteroatoms. The summed E-state index contributed by atoms with van der Waals surface area (Å²) < 4.78 is 18.3. The third kappa shape index (κ3) is 3.28. The fourth-order valence-corrected chi connectivity index (χ4v) is 10.2. The van der Waals surface area contributed by atoms with Gasteiger partial charge >= 0.3 is 7.12 Å². The minimum absolute atomic E-state index is 0.0516. The van der Waals surface area contributed by atoms with Gasteiger partial charge in [-0.25, -0.2) is 0 Å². The Morgan fingerprint density at radius 1 is 1.06 bits per heavy atom. The summed E-state index contributed by atoms with van der Waals surface area (Å²) in [6, 6.07) is 0. The number of carbonyl (C=O) groups is 2. The van der Waals surface area contributed by atoms with E-state index in [1.165, 1.54) is 6.42 Å². The summed E-state index contributed by atoms with van der Waals surface area (Å²) in [6.07, 6.45) is 8.15. The van der Waals surface area contributed by atoms with E-state index in [9.17, 15) is 9.59 Å². The van der Waals surface area contributed by atoms with Gasteiger partial charge in [-0.05, 0) is 94.6 Å². The topological polar surface area (TPSA) is 61.8 Å². The van der Waals surface area contributed by atoms with Gasteiger partial charge in [-0.1, -0.05) is 13.8 Å². The first-order valence-electron chi connectivity index (χ1n) is 12.9. The van der Waals surface area contributed by atoms with E-state index in [1.54, 1.807) is 0 Å². The minimum Gasteiger partial charge on any atom is -0.415 e. The molecular weight excluding hydrogens is 419 g/mol. The van der Waals surface area contributed by atoms with Crippen molar-refractivity contribution in [1.29, 1.82) is 0 Å². The van der Waals surface area contributed by atoms with Crippen LogP contribution in [-0.4, -0.2) is 45.3 Å². The molecule has 4 saturated carbocycles. The van der Waals surface area contributed by atoms with E-state index in [0.717, 1.165) is 38.5 Å². The van der Waals surface area contributed by atoms with Gasteiger partial charge in [0.25, 0.3) is 0 Å². The van der Waals surface area contributed by atoms with Crippen molar-refractivity contribution in [2.24, 2.45) is 34.5 Å². The molecule has 1 saturated heterocycles. The van der Waals surface area contributed by atoms with E-state index >= 15 is 0 Å². The normalized spacial score (nSPS) is 49.1. The number of ketones is 2. The molecule has 0 bridgehead atoms. The van der Waals surface area contributed by atoms with Crippen molar-refractivity contribution < 1.29 is 23.3 Å². The number of fused-ring (bicyclic) bond motifs is 6. The van der Waals surface area contributed by atoms with Gasteiger partial charge in [0.05, 0.1) is 6.61 Å². The zero-order valence-electron chi connectivity index (χ0n) is 20.9. The molecule has 0 radical (unpaired) electrons. The number of rotatable bonds is 2. The molecule has 0 aromatic heterocycles. The molecule has 1 aliphatic heterocycles. The minimum atomic E-state index is -1.56. The van der Waals surface area contributed by atoms with Crippen molar-refractivity contribution in [2.45, 2.75) is 103 Å². The maximum Gasteiger partial charge on any atom is 0.454 e. The summed E-state index contributed by atoms with van der Waals surface area (Å²) >= 11 is 0. The van der Waals surface area contributed by atoms with Crippen molar-refractivity contribution in [2.75, 3.05) is 6.61 Å². The third-order valence-electron chi connectivity index (χ3n) is 10.2. The Morgan fingerprint density at radius 2 is 1.81 bits per heavy atom. The molecule has 0 amide bonds. The van der Waals surface area contributed by atoms with Crippen LogP contribution >= 0.6 is 0 Å². The molecule has 0 aromatic rings. The van der Waals surface area contributed by atoms with E-state index in [0.29, 0.717) is 36.1 Å². The fourth-order valence-electron chi connectivity index (χ4n) is 8.97. The molecule has 5 fully saturated rings. The summed E-state index contributed by atoms with van der Waals surface area (Å²) in [6.45, 7) is 13.4. The van der Waals surface area contributed by atoms with E-state index in [-0.39, 0.29) is 30.8 Å². The highest BCUT2D eigenvalue weighted by molar-refractivity contribution is 6.69. The van der Waals surface area contributed by atoms with Gasteiger partial charge in [-0.15, -0.1) is 0 Å². The molecule has 5 nitrogen and oxygen atoms in total. The van der Waals surface area contributed by atoms with Gasteiger partial charge < -0.3 is 13.7 Å².